The Balaban J connectivity index is 1.51. The van der Waals surface area contributed by atoms with Gasteiger partial charge in [0.1, 0.15) is 0 Å². The summed E-state index contributed by atoms with van der Waals surface area (Å²) in [6, 6.07) is 16.5. The number of unbranched alkanes of at least 4 members (excludes halogenated alkanes) is 1. The molecule has 2 aliphatic rings. The number of nitro benzene ring substituents is 1. The molecule has 1 aliphatic carbocycles. The summed E-state index contributed by atoms with van der Waals surface area (Å²) >= 11 is 0. The number of oxazole rings is 1. The van der Waals surface area contributed by atoms with E-state index < -0.39 is 22.1 Å². The zero-order chi connectivity index (χ0) is 34.1. The van der Waals surface area contributed by atoms with E-state index in [4.69, 9.17) is 4.42 Å². The van der Waals surface area contributed by atoms with E-state index in [9.17, 15) is 23.3 Å². The van der Waals surface area contributed by atoms with E-state index in [0.717, 1.165) is 61.2 Å². The topological polar surface area (TPSA) is 63.4 Å². The highest BCUT2D eigenvalue weighted by atomic mass is 19.4. The number of hydrogen-bond donors (Lipinski definition) is 0. The Morgan fingerprint density at radius 2 is 1.83 bits per heavy atom. The number of fused-ring (bicyclic) bond motifs is 2. The molecule has 4 aromatic rings. The third kappa shape index (κ3) is 6.46. The molecular formula is C39H39F3N3O3+. The van der Waals surface area contributed by atoms with Crippen molar-refractivity contribution in [3.63, 3.8) is 0 Å². The van der Waals surface area contributed by atoms with Gasteiger partial charge < -0.3 is 9.32 Å². The number of para-hydroxylation sites is 2. The molecule has 0 saturated heterocycles. The lowest BCUT2D eigenvalue weighted by Gasteiger charge is -2.31. The monoisotopic (exact) mass is 654 g/mol. The van der Waals surface area contributed by atoms with Crippen molar-refractivity contribution in [3.05, 3.63) is 136 Å². The second-order valence-electron chi connectivity index (χ2n) is 12.8. The lowest BCUT2D eigenvalue weighted by molar-refractivity contribution is -0.678. The van der Waals surface area contributed by atoms with Gasteiger partial charge in [0, 0.05) is 41.4 Å². The molecule has 2 heterocycles. The third-order valence-electron chi connectivity index (χ3n) is 9.39. The number of alkyl halides is 3. The number of rotatable bonds is 11. The fourth-order valence-corrected chi connectivity index (χ4v) is 6.95. The van der Waals surface area contributed by atoms with Crippen LogP contribution < -0.4 is 9.47 Å². The number of nitrogens with zero attached hydrogens (tertiary/aromatic N) is 3. The maximum absolute atomic E-state index is 14.1. The minimum Gasteiger partial charge on any atom is -0.398 e. The predicted octanol–water partition coefficient (Wildman–Crippen LogP) is 10.7. The number of halogens is 3. The first-order valence-electron chi connectivity index (χ1n) is 16.4. The van der Waals surface area contributed by atoms with Crippen molar-refractivity contribution in [2.75, 3.05) is 4.90 Å². The first-order chi connectivity index (χ1) is 23.0. The van der Waals surface area contributed by atoms with E-state index in [0.29, 0.717) is 40.7 Å². The average molecular weight is 655 g/mol. The predicted molar refractivity (Wildman–Crippen MR) is 183 cm³/mol. The number of anilines is 2. The summed E-state index contributed by atoms with van der Waals surface area (Å²) in [5, 5.41) is 12.0. The van der Waals surface area contributed by atoms with Gasteiger partial charge in [0.05, 0.1) is 22.3 Å². The molecule has 0 radical (unpaired) electrons. The minimum absolute atomic E-state index is 0.0576. The first-order valence-corrected chi connectivity index (χ1v) is 16.4. The third-order valence-corrected chi connectivity index (χ3v) is 9.39. The van der Waals surface area contributed by atoms with Gasteiger partial charge in [0.15, 0.2) is 6.54 Å². The summed E-state index contributed by atoms with van der Waals surface area (Å²) in [5.74, 6) is 0.969. The van der Waals surface area contributed by atoms with Crippen LogP contribution in [0.25, 0.3) is 17.2 Å². The smallest absolute Gasteiger partial charge is 0.398 e. The van der Waals surface area contributed by atoms with Gasteiger partial charge in [-0.05, 0) is 80.1 Å². The molecule has 1 atom stereocenters. The SMILES string of the molecule is CCCC[n+]1c(C=CC=C2N(c3cc(C)cc(C(F)(F)F)c3)c3ccc([N+](=O)[O-])cc3C2(C)CCCC2C=CC=C2)oc2ccccc21. The Morgan fingerprint density at radius 1 is 1.06 bits per heavy atom. The Kier molecular flexibility index (Phi) is 9.14. The molecule has 0 N–H and O–H groups in total. The maximum Gasteiger partial charge on any atom is 0.416 e. The van der Waals surface area contributed by atoms with Crippen molar-refractivity contribution in [2.45, 2.75) is 71.0 Å². The van der Waals surface area contributed by atoms with E-state index >= 15 is 0 Å². The van der Waals surface area contributed by atoms with Crippen molar-refractivity contribution >= 4 is 34.2 Å². The van der Waals surface area contributed by atoms with Gasteiger partial charge in [-0.2, -0.15) is 17.7 Å². The Hall–Kier alpha value is -4.92. The van der Waals surface area contributed by atoms with E-state index in [1.165, 1.54) is 6.07 Å². The number of non-ortho nitro benzene ring substituents is 1. The van der Waals surface area contributed by atoms with Gasteiger partial charge in [-0.25, -0.2) is 0 Å². The lowest BCUT2D eigenvalue weighted by atomic mass is 9.76. The first kappa shape index (κ1) is 33.0. The molecule has 0 amide bonds. The highest BCUT2D eigenvalue weighted by Crippen LogP contribution is 2.55. The molecule has 248 valence electrons. The second-order valence-corrected chi connectivity index (χ2v) is 12.8. The van der Waals surface area contributed by atoms with Crippen LogP contribution in [0.2, 0.25) is 0 Å². The molecule has 3 aromatic carbocycles. The van der Waals surface area contributed by atoms with Gasteiger partial charge in [-0.3, -0.25) is 10.1 Å². The summed E-state index contributed by atoms with van der Waals surface area (Å²) in [4.78, 5) is 13.4. The van der Waals surface area contributed by atoms with Crippen LogP contribution in [-0.2, 0) is 18.1 Å². The molecule has 0 fully saturated rings. The fraction of sp³-hybridized carbons (Fsp3) is 0.308. The molecule has 1 aromatic heterocycles. The van der Waals surface area contributed by atoms with Crippen LogP contribution in [0.3, 0.4) is 0 Å². The van der Waals surface area contributed by atoms with Crippen LogP contribution in [0, 0.1) is 23.0 Å². The lowest BCUT2D eigenvalue weighted by Crippen LogP contribution is -2.35. The van der Waals surface area contributed by atoms with Crippen LogP contribution in [0.4, 0.5) is 30.2 Å². The molecule has 0 saturated carbocycles. The molecular weight excluding hydrogens is 615 g/mol. The highest BCUT2D eigenvalue weighted by Gasteiger charge is 2.45. The Morgan fingerprint density at radius 3 is 2.56 bits per heavy atom. The molecule has 48 heavy (non-hydrogen) atoms. The fourth-order valence-electron chi connectivity index (χ4n) is 6.95. The van der Waals surface area contributed by atoms with Gasteiger partial charge in [0.25, 0.3) is 11.2 Å². The summed E-state index contributed by atoms with van der Waals surface area (Å²) < 4.78 is 50.7. The number of aromatic nitrogens is 1. The van der Waals surface area contributed by atoms with Crippen molar-refractivity contribution in [1.82, 2.24) is 0 Å². The van der Waals surface area contributed by atoms with Gasteiger partial charge in [-0.1, -0.05) is 62.3 Å². The summed E-state index contributed by atoms with van der Waals surface area (Å²) in [6.07, 6.45) is 13.8. The van der Waals surface area contributed by atoms with E-state index in [1.807, 2.05) is 66.5 Å². The molecule has 0 bridgehead atoms. The standard InChI is InChI=1S/C39H39F3N3O3/c1-4-5-22-43-34-15-8-9-16-35(34)48-37(43)18-10-17-36-38(3,21-11-14-28-12-6-7-13-28)32-26-30(45(46)47)19-20-33(32)44(36)31-24-27(2)23-29(25-31)39(40,41)42/h6-10,12-13,15-20,23-26,28H,4-5,11,14,21-22H2,1-3H3/q+1. The molecule has 0 spiro atoms. The maximum atomic E-state index is 14.1. The number of allylic oxidation sites excluding steroid dienone is 7. The number of aryl methyl sites for hydroxylation is 2. The molecule has 6 nitrogen and oxygen atoms in total. The zero-order valence-electron chi connectivity index (χ0n) is 27.3. The quantitative estimate of drug-likeness (QED) is 0.0917. The Labute approximate surface area is 278 Å². The van der Waals surface area contributed by atoms with E-state index in [1.54, 1.807) is 25.1 Å². The van der Waals surface area contributed by atoms with Gasteiger partial charge in [-0.15, -0.1) is 0 Å². The van der Waals surface area contributed by atoms with Gasteiger partial charge in [0.2, 0.25) is 5.58 Å². The van der Waals surface area contributed by atoms with Crippen LogP contribution in [-0.4, -0.2) is 4.92 Å². The second kappa shape index (κ2) is 13.3. The summed E-state index contributed by atoms with van der Waals surface area (Å²) in [7, 11) is 0. The number of benzene rings is 3. The zero-order valence-corrected chi connectivity index (χ0v) is 27.3. The molecule has 1 aliphatic heterocycles. The number of hydrogen-bond acceptors (Lipinski definition) is 4. The molecule has 9 heteroatoms. The van der Waals surface area contributed by atoms with E-state index in [2.05, 4.69) is 23.6 Å². The van der Waals surface area contributed by atoms with Crippen molar-refractivity contribution in [2.24, 2.45) is 5.92 Å². The summed E-state index contributed by atoms with van der Waals surface area (Å²) in [5.41, 5.74) is 3.10. The van der Waals surface area contributed by atoms with Crippen molar-refractivity contribution in [1.29, 1.82) is 0 Å². The van der Waals surface area contributed by atoms with Crippen LogP contribution in [0.1, 0.15) is 68.5 Å². The van der Waals surface area contributed by atoms with Gasteiger partial charge >= 0.3 is 12.1 Å². The van der Waals surface area contributed by atoms with E-state index in [-0.39, 0.29) is 5.69 Å². The van der Waals surface area contributed by atoms with Crippen LogP contribution in [0.15, 0.2) is 107 Å². The normalized spacial score (nSPS) is 18.6. The number of nitro groups is 1. The van der Waals surface area contributed by atoms with Crippen molar-refractivity contribution in [3.8, 4) is 0 Å². The highest BCUT2D eigenvalue weighted by molar-refractivity contribution is 5.82. The van der Waals surface area contributed by atoms with Crippen LogP contribution in [0.5, 0.6) is 0 Å². The largest absolute Gasteiger partial charge is 0.416 e. The minimum atomic E-state index is -4.54. The Bertz CT molecular complexity index is 1960. The van der Waals surface area contributed by atoms with Crippen molar-refractivity contribution < 1.29 is 27.1 Å². The van der Waals surface area contributed by atoms with Crippen LogP contribution >= 0.6 is 0 Å². The summed E-state index contributed by atoms with van der Waals surface area (Å²) in [6.45, 7) is 6.59. The average Bonchev–Trinajstić information content (AvgIpc) is 3.75. The molecule has 6 rings (SSSR count). The molecule has 1 unspecified atom stereocenters.